The Bertz CT molecular complexity index is 1670. The van der Waals surface area contributed by atoms with E-state index in [0.717, 1.165) is 28.6 Å². The van der Waals surface area contributed by atoms with Crippen molar-refractivity contribution in [2.45, 2.75) is 83.1 Å². The molecule has 4 atom stereocenters. The lowest BCUT2D eigenvalue weighted by molar-refractivity contribution is -0.126. The Morgan fingerprint density at radius 2 is 2.04 bits per heavy atom. The number of methoxy groups -OCH3 is 1. The topological polar surface area (TPSA) is 110 Å². The van der Waals surface area contributed by atoms with E-state index in [-0.39, 0.29) is 52.2 Å². The average Bonchev–Trinajstić information content (AvgIpc) is 3.73. The lowest BCUT2D eigenvalue weighted by atomic mass is 9.89. The maximum atomic E-state index is 15.4. The molecule has 2 N–H and O–H groups in total. The number of hydrogen-bond acceptors (Lipinski definition) is 9. The number of ether oxygens (including phenoxy) is 1. The summed E-state index contributed by atoms with van der Waals surface area (Å²) in [5, 5.41) is 13.8. The molecule has 0 bridgehead atoms. The van der Waals surface area contributed by atoms with Gasteiger partial charge in [-0.3, -0.25) is 14.4 Å². The van der Waals surface area contributed by atoms with Crippen molar-refractivity contribution in [3.8, 4) is 16.6 Å². The van der Waals surface area contributed by atoms with Crippen molar-refractivity contribution in [1.82, 2.24) is 30.1 Å². The Kier molecular flexibility index (Phi) is 9.81. The van der Waals surface area contributed by atoms with Crippen molar-refractivity contribution < 1.29 is 40.4 Å². The summed E-state index contributed by atoms with van der Waals surface area (Å²) in [4.78, 5) is 19.1. The molecule has 1 amide bonds. The largest absolute Gasteiger partial charge is 0.479 e. The second-order valence-corrected chi connectivity index (χ2v) is 12.2. The van der Waals surface area contributed by atoms with Crippen LogP contribution in [0.2, 0.25) is 0 Å². The van der Waals surface area contributed by atoms with E-state index in [1.807, 2.05) is 25.8 Å². The van der Waals surface area contributed by atoms with Crippen LogP contribution < -0.4 is 15.4 Å². The van der Waals surface area contributed by atoms with Gasteiger partial charge in [-0.2, -0.15) is 18.2 Å². The number of amides is 1. The molecule has 0 radical (unpaired) electrons. The van der Waals surface area contributed by atoms with Crippen LogP contribution in [0.25, 0.3) is 20.8 Å². The number of halogens is 6. The third kappa shape index (κ3) is 7.09. The number of aromatic nitrogens is 4. The van der Waals surface area contributed by atoms with Crippen molar-refractivity contribution >= 4 is 33.0 Å². The number of hydrogen-bond donors (Lipinski definition) is 2. The number of carbonyl (C=O) groups excluding carboxylic acids is 1. The first kappa shape index (κ1) is 33.5. The van der Waals surface area contributed by atoms with Gasteiger partial charge in [0.05, 0.1) is 41.4 Å². The molecule has 0 aliphatic carbocycles. The van der Waals surface area contributed by atoms with Gasteiger partial charge in [-0.05, 0) is 43.8 Å². The van der Waals surface area contributed by atoms with Crippen LogP contribution in [-0.2, 0) is 19.5 Å². The normalized spacial score (nSPS) is 20.8. The number of piperidine rings is 1. The fourth-order valence-corrected chi connectivity index (χ4v) is 6.95. The zero-order chi connectivity index (χ0) is 33.3. The standard InChI is InChI=1S/C29H33F6N7O3S/c1-5-15-9-20(23(32)14(2)41(15)3)37-19-8-6-7-16-17(10-29(33,34)35)25(46-24(16)19)26-38-22(45-40-26)11-36-27(43)18-12-42(13-21(30)31)39-28(18)44-4/h6-8,12,14-15,20-21,23,37H,5,9-11,13H2,1-4H3,(H,36,43). The highest BCUT2D eigenvalue weighted by atomic mass is 32.1. The van der Waals surface area contributed by atoms with Gasteiger partial charge < -0.3 is 19.9 Å². The molecule has 46 heavy (non-hydrogen) atoms. The van der Waals surface area contributed by atoms with E-state index in [1.54, 1.807) is 18.2 Å². The molecule has 4 heterocycles. The van der Waals surface area contributed by atoms with Gasteiger partial charge in [-0.25, -0.2) is 13.2 Å². The first-order valence-corrected chi connectivity index (χ1v) is 15.4. The Hall–Kier alpha value is -3.86. The Balaban J connectivity index is 1.41. The monoisotopic (exact) mass is 673 g/mol. The lowest BCUT2D eigenvalue weighted by Crippen LogP contribution is -2.56. The maximum Gasteiger partial charge on any atom is 0.393 e. The predicted octanol–water partition coefficient (Wildman–Crippen LogP) is 6.08. The van der Waals surface area contributed by atoms with Gasteiger partial charge in [0.25, 0.3) is 12.3 Å². The highest BCUT2D eigenvalue weighted by molar-refractivity contribution is 7.23. The fraction of sp³-hybridized carbons (Fsp3) is 0.517. The van der Waals surface area contributed by atoms with E-state index in [4.69, 9.17) is 9.26 Å². The smallest absolute Gasteiger partial charge is 0.393 e. The van der Waals surface area contributed by atoms with E-state index in [2.05, 4.69) is 25.9 Å². The minimum Gasteiger partial charge on any atom is -0.479 e. The summed E-state index contributed by atoms with van der Waals surface area (Å²) in [7, 11) is 3.12. The third-order valence-electron chi connectivity index (χ3n) is 8.16. The van der Waals surface area contributed by atoms with Crippen molar-refractivity contribution in [1.29, 1.82) is 0 Å². The number of rotatable bonds is 11. The van der Waals surface area contributed by atoms with Crippen LogP contribution in [0.1, 0.15) is 48.5 Å². The summed E-state index contributed by atoms with van der Waals surface area (Å²) in [5.74, 6) is -1.12. The zero-order valence-electron chi connectivity index (χ0n) is 25.4. The minimum absolute atomic E-state index is 0.0521. The molecule has 17 heteroatoms. The number of carbonyl (C=O) groups is 1. The predicted molar refractivity (Wildman–Crippen MR) is 159 cm³/mol. The van der Waals surface area contributed by atoms with Crippen molar-refractivity contribution in [3.05, 3.63) is 41.4 Å². The second kappa shape index (κ2) is 13.5. The number of thiophene rings is 1. The summed E-state index contributed by atoms with van der Waals surface area (Å²) in [6, 6.07) is 4.17. The van der Waals surface area contributed by atoms with E-state index >= 15 is 4.39 Å². The van der Waals surface area contributed by atoms with Crippen LogP contribution in [0, 0.1) is 0 Å². The van der Waals surface area contributed by atoms with E-state index in [0.29, 0.717) is 22.2 Å². The third-order valence-corrected chi connectivity index (χ3v) is 9.44. The Labute approximate surface area is 264 Å². The first-order chi connectivity index (χ1) is 21.8. The van der Waals surface area contributed by atoms with Crippen LogP contribution in [0.5, 0.6) is 5.88 Å². The molecule has 0 spiro atoms. The molecule has 5 rings (SSSR count). The number of nitrogens with zero attached hydrogens (tertiary/aromatic N) is 5. The zero-order valence-corrected chi connectivity index (χ0v) is 26.2. The molecule has 250 valence electrons. The van der Waals surface area contributed by atoms with Gasteiger partial charge in [-0.1, -0.05) is 24.2 Å². The van der Waals surface area contributed by atoms with Crippen LogP contribution in [0.3, 0.4) is 0 Å². The number of anilines is 1. The van der Waals surface area contributed by atoms with Crippen LogP contribution in [-0.4, -0.2) is 81.8 Å². The van der Waals surface area contributed by atoms with Gasteiger partial charge in [0.1, 0.15) is 18.3 Å². The maximum absolute atomic E-state index is 15.4. The highest BCUT2D eigenvalue weighted by Crippen LogP contribution is 2.44. The molecule has 1 fully saturated rings. The average molecular weight is 674 g/mol. The fourth-order valence-electron chi connectivity index (χ4n) is 5.73. The summed E-state index contributed by atoms with van der Waals surface area (Å²) in [6.45, 7) is 2.80. The number of nitrogens with one attached hydrogen (secondary N) is 2. The minimum atomic E-state index is -4.55. The molecule has 0 saturated carbocycles. The molecular formula is C29H33F6N7O3S. The van der Waals surface area contributed by atoms with Gasteiger partial charge in [0.15, 0.2) is 0 Å². The van der Waals surface area contributed by atoms with Crippen molar-refractivity contribution in [2.75, 3.05) is 19.5 Å². The lowest BCUT2D eigenvalue weighted by Gasteiger charge is -2.44. The van der Waals surface area contributed by atoms with Crippen LogP contribution in [0.15, 0.2) is 28.9 Å². The van der Waals surface area contributed by atoms with Crippen molar-refractivity contribution in [3.63, 3.8) is 0 Å². The molecule has 1 aliphatic rings. The quantitative estimate of drug-likeness (QED) is 0.185. The van der Waals surface area contributed by atoms with E-state index in [1.165, 1.54) is 7.11 Å². The molecule has 1 aromatic carbocycles. The first-order valence-electron chi connectivity index (χ1n) is 14.5. The van der Waals surface area contributed by atoms with E-state index < -0.39 is 43.7 Å². The number of likely N-dealkylation sites (tertiary alicyclic amines) is 1. The van der Waals surface area contributed by atoms with E-state index in [9.17, 15) is 26.7 Å². The second-order valence-electron chi connectivity index (χ2n) is 11.1. The van der Waals surface area contributed by atoms with Crippen LogP contribution in [0.4, 0.5) is 32.0 Å². The molecule has 3 aromatic heterocycles. The van der Waals surface area contributed by atoms with Crippen molar-refractivity contribution in [2.24, 2.45) is 0 Å². The molecule has 4 aromatic rings. The van der Waals surface area contributed by atoms with Gasteiger partial charge in [-0.15, -0.1) is 16.4 Å². The number of fused-ring (bicyclic) bond motifs is 1. The molecular weight excluding hydrogens is 640 g/mol. The molecule has 10 nitrogen and oxygen atoms in total. The summed E-state index contributed by atoms with van der Waals surface area (Å²) >= 11 is 1.03. The summed E-state index contributed by atoms with van der Waals surface area (Å²) < 4.78 is 94.0. The highest BCUT2D eigenvalue weighted by Gasteiger charge is 2.39. The SMILES string of the molecule is CCC1CC(Nc2cccc3c(CC(F)(F)F)c(-c4noc(CNC(=O)c5cn(CC(F)F)nc5OC)n4)sc23)C(F)C(C)N1C. The van der Waals surface area contributed by atoms with Gasteiger partial charge in [0, 0.05) is 18.3 Å². The van der Waals surface area contributed by atoms with Crippen LogP contribution >= 0.6 is 11.3 Å². The summed E-state index contributed by atoms with van der Waals surface area (Å²) in [6.07, 6.45) is -7.26. The van der Waals surface area contributed by atoms with Gasteiger partial charge in [0.2, 0.25) is 17.6 Å². The Morgan fingerprint density at radius 3 is 2.72 bits per heavy atom. The number of alkyl halides is 6. The summed E-state index contributed by atoms with van der Waals surface area (Å²) in [5.41, 5.74) is 0.345. The molecule has 4 unspecified atom stereocenters. The molecule has 1 aliphatic heterocycles. The number of benzene rings is 1. The van der Waals surface area contributed by atoms with Gasteiger partial charge >= 0.3 is 6.18 Å². The Morgan fingerprint density at radius 1 is 1.28 bits per heavy atom. The molecule has 1 saturated heterocycles.